The molecule has 0 saturated heterocycles. The van der Waals surface area contributed by atoms with E-state index in [2.05, 4.69) is 26.3 Å². The lowest BCUT2D eigenvalue weighted by Crippen LogP contribution is -2.19. The van der Waals surface area contributed by atoms with Crippen molar-refractivity contribution < 1.29 is 4.79 Å². The zero-order valence-electron chi connectivity index (χ0n) is 11.1. The molecule has 2 aromatic carbocycles. The normalized spacial score (nSPS) is 10.7. The minimum atomic E-state index is -0.148. The van der Waals surface area contributed by atoms with Crippen LogP contribution in [0.1, 0.15) is 0 Å². The molecular formula is C15H13BrN4O. The number of anilines is 2. The molecule has 0 bridgehead atoms. The van der Waals surface area contributed by atoms with Crippen LogP contribution in [0.4, 0.5) is 11.5 Å². The molecule has 3 aromatic rings. The van der Waals surface area contributed by atoms with Crippen LogP contribution < -0.4 is 11.1 Å². The van der Waals surface area contributed by atoms with Crippen molar-refractivity contribution in [3.05, 3.63) is 53.1 Å². The van der Waals surface area contributed by atoms with Crippen LogP contribution in [0.2, 0.25) is 0 Å². The van der Waals surface area contributed by atoms with E-state index < -0.39 is 0 Å². The summed E-state index contributed by atoms with van der Waals surface area (Å²) in [6.45, 7) is 0.127. The highest BCUT2D eigenvalue weighted by atomic mass is 79.9. The second kappa shape index (κ2) is 5.57. The van der Waals surface area contributed by atoms with Crippen LogP contribution >= 0.6 is 15.9 Å². The number of rotatable bonds is 3. The van der Waals surface area contributed by atoms with E-state index in [4.69, 9.17) is 5.73 Å². The molecule has 0 fully saturated rings. The first-order chi connectivity index (χ1) is 10.1. The number of carbonyl (C=O) groups excluding carboxylic acids is 1. The lowest BCUT2D eigenvalue weighted by molar-refractivity contribution is -0.116. The van der Waals surface area contributed by atoms with Crippen molar-refractivity contribution in [2.75, 3.05) is 11.1 Å². The molecule has 106 valence electrons. The van der Waals surface area contributed by atoms with Crippen molar-refractivity contribution in [3.8, 4) is 0 Å². The number of nitrogen functional groups attached to an aromatic ring is 1. The van der Waals surface area contributed by atoms with Gasteiger partial charge in [-0.3, -0.25) is 9.48 Å². The number of nitrogens with zero attached hydrogens (tertiary/aromatic N) is 2. The monoisotopic (exact) mass is 344 g/mol. The van der Waals surface area contributed by atoms with Crippen LogP contribution in [0.15, 0.2) is 53.1 Å². The molecule has 0 radical (unpaired) electrons. The standard InChI is InChI=1S/C15H13BrN4O/c16-12-5-6-13(11-4-2-1-3-10(11)12)18-15(21)9-20-8-7-14(17)19-20/h1-8H,9H2,(H2,17,19)(H,18,21). The Bertz CT molecular complexity index is 812. The first kappa shape index (κ1) is 13.6. The molecule has 0 saturated carbocycles. The van der Waals surface area contributed by atoms with Crippen LogP contribution in [0, 0.1) is 0 Å². The number of carbonyl (C=O) groups is 1. The van der Waals surface area contributed by atoms with Gasteiger partial charge in [0.2, 0.25) is 5.91 Å². The molecule has 1 amide bonds. The van der Waals surface area contributed by atoms with E-state index in [1.54, 1.807) is 12.3 Å². The number of hydrogen-bond acceptors (Lipinski definition) is 3. The van der Waals surface area contributed by atoms with E-state index in [0.29, 0.717) is 5.82 Å². The summed E-state index contributed by atoms with van der Waals surface area (Å²) in [5.41, 5.74) is 6.31. The molecular weight excluding hydrogens is 332 g/mol. The van der Waals surface area contributed by atoms with Gasteiger partial charge < -0.3 is 11.1 Å². The Labute approximate surface area is 129 Å². The Balaban J connectivity index is 1.85. The van der Waals surface area contributed by atoms with Gasteiger partial charge in [0, 0.05) is 21.7 Å². The first-order valence-corrected chi connectivity index (χ1v) is 7.19. The van der Waals surface area contributed by atoms with E-state index in [1.165, 1.54) is 4.68 Å². The van der Waals surface area contributed by atoms with Crippen LogP contribution in [-0.2, 0) is 11.3 Å². The highest BCUT2D eigenvalue weighted by Crippen LogP contribution is 2.29. The Kier molecular flexibility index (Phi) is 3.62. The molecule has 6 heteroatoms. The maximum atomic E-state index is 12.1. The Morgan fingerprint density at radius 3 is 2.67 bits per heavy atom. The Morgan fingerprint density at radius 1 is 1.19 bits per heavy atom. The van der Waals surface area contributed by atoms with Gasteiger partial charge in [0.25, 0.3) is 0 Å². The van der Waals surface area contributed by atoms with Gasteiger partial charge in [-0.1, -0.05) is 40.2 Å². The molecule has 1 aromatic heterocycles. The molecule has 0 aliphatic heterocycles. The van der Waals surface area contributed by atoms with Crippen molar-refractivity contribution in [1.82, 2.24) is 9.78 Å². The highest BCUT2D eigenvalue weighted by molar-refractivity contribution is 9.10. The maximum Gasteiger partial charge on any atom is 0.246 e. The van der Waals surface area contributed by atoms with E-state index in [9.17, 15) is 4.79 Å². The zero-order chi connectivity index (χ0) is 14.8. The number of aromatic nitrogens is 2. The predicted octanol–water partition coefficient (Wildman–Crippen LogP) is 3.02. The smallest absolute Gasteiger partial charge is 0.246 e. The summed E-state index contributed by atoms with van der Waals surface area (Å²) in [6.07, 6.45) is 1.68. The first-order valence-electron chi connectivity index (χ1n) is 6.39. The summed E-state index contributed by atoms with van der Waals surface area (Å²) in [4.78, 5) is 12.1. The molecule has 0 aliphatic rings. The van der Waals surface area contributed by atoms with E-state index in [1.807, 2.05) is 36.4 Å². The summed E-state index contributed by atoms with van der Waals surface area (Å²) in [5.74, 6) is 0.252. The van der Waals surface area contributed by atoms with E-state index in [0.717, 1.165) is 20.9 Å². The largest absolute Gasteiger partial charge is 0.382 e. The molecule has 0 unspecified atom stereocenters. The van der Waals surface area contributed by atoms with Gasteiger partial charge in [0.1, 0.15) is 12.4 Å². The number of amides is 1. The third-order valence-corrected chi connectivity index (χ3v) is 3.80. The SMILES string of the molecule is Nc1ccn(CC(=O)Nc2ccc(Br)c3ccccc23)n1. The molecule has 21 heavy (non-hydrogen) atoms. The molecule has 3 rings (SSSR count). The maximum absolute atomic E-state index is 12.1. The second-order valence-corrected chi connectivity index (χ2v) is 5.48. The van der Waals surface area contributed by atoms with Gasteiger partial charge in [0.05, 0.1) is 0 Å². The molecule has 0 aliphatic carbocycles. The summed E-state index contributed by atoms with van der Waals surface area (Å²) < 4.78 is 2.50. The lowest BCUT2D eigenvalue weighted by Gasteiger charge is -2.10. The van der Waals surface area contributed by atoms with Crippen LogP contribution in [0.3, 0.4) is 0 Å². The average molecular weight is 345 g/mol. The summed E-state index contributed by atoms with van der Waals surface area (Å²) in [7, 11) is 0. The highest BCUT2D eigenvalue weighted by Gasteiger charge is 2.08. The van der Waals surface area contributed by atoms with Crippen molar-refractivity contribution >= 4 is 44.1 Å². The fourth-order valence-electron chi connectivity index (χ4n) is 2.17. The van der Waals surface area contributed by atoms with Gasteiger partial charge in [-0.15, -0.1) is 0 Å². The zero-order valence-corrected chi connectivity index (χ0v) is 12.7. The van der Waals surface area contributed by atoms with Crippen LogP contribution in [-0.4, -0.2) is 15.7 Å². The van der Waals surface area contributed by atoms with Gasteiger partial charge in [0.15, 0.2) is 0 Å². The van der Waals surface area contributed by atoms with Crippen molar-refractivity contribution in [2.24, 2.45) is 0 Å². The molecule has 5 nitrogen and oxygen atoms in total. The van der Waals surface area contributed by atoms with Gasteiger partial charge in [-0.05, 0) is 23.6 Å². The minimum Gasteiger partial charge on any atom is -0.382 e. The lowest BCUT2D eigenvalue weighted by atomic mass is 10.1. The van der Waals surface area contributed by atoms with Gasteiger partial charge in [-0.25, -0.2) is 0 Å². The third kappa shape index (κ3) is 2.90. The summed E-state index contributed by atoms with van der Waals surface area (Å²) in [6, 6.07) is 13.3. The quantitative estimate of drug-likeness (QED) is 0.766. The fourth-order valence-corrected chi connectivity index (χ4v) is 2.65. The average Bonchev–Trinajstić information content (AvgIpc) is 2.87. The topological polar surface area (TPSA) is 72.9 Å². The Morgan fingerprint density at radius 2 is 1.95 bits per heavy atom. The minimum absolute atomic E-state index is 0.127. The second-order valence-electron chi connectivity index (χ2n) is 4.63. The number of halogens is 1. The van der Waals surface area contributed by atoms with Crippen molar-refractivity contribution in [2.45, 2.75) is 6.54 Å². The van der Waals surface area contributed by atoms with Crippen molar-refractivity contribution in [3.63, 3.8) is 0 Å². The van der Waals surface area contributed by atoms with Crippen LogP contribution in [0.25, 0.3) is 10.8 Å². The number of benzene rings is 2. The number of fused-ring (bicyclic) bond motifs is 1. The van der Waals surface area contributed by atoms with Crippen LogP contribution in [0.5, 0.6) is 0 Å². The number of hydrogen-bond donors (Lipinski definition) is 2. The third-order valence-electron chi connectivity index (χ3n) is 3.11. The summed E-state index contributed by atoms with van der Waals surface area (Å²) in [5, 5.41) is 8.94. The number of nitrogens with two attached hydrogens (primary N) is 1. The van der Waals surface area contributed by atoms with Gasteiger partial charge >= 0.3 is 0 Å². The van der Waals surface area contributed by atoms with E-state index >= 15 is 0 Å². The van der Waals surface area contributed by atoms with Crippen molar-refractivity contribution in [1.29, 1.82) is 0 Å². The molecule has 1 heterocycles. The number of nitrogens with one attached hydrogen (secondary N) is 1. The van der Waals surface area contributed by atoms with Gasteiger partial charge in [-0.2, -0.15) is 5.10 Å². The van der Waals surface area contributed by atoms with E-state index in [-0.39, 0.29) is 12.5 Å². The molecule has 3 N–H and O–H groups in total. The molecule has 0 spiro atoms. The fraction of sp³-hybridized carbons (Fsp3) is 0.0667. The predicted molar refractivity (Wildman–Crippen MR) is 86.9 cm³/mol. The Hall–Kier alpha value is -2.34. The molecule has 0 atom stereocenters. The summed E-state index contributed by atoms with van der Waals surface area (Å²) >= 11 is 3.51.